The molecule has 1 amide bonds. The molecule has 0 saturated carbocycles. The highest BCUT2D eigenvalue weighted by molar-refractivity contribution is 7.91. The molecule has 0 bridgehead atoms. The van der Waals surface area contributed by atoms with Gasteiger partial charge in [0.05, 0.1) is 16.3 Å². The first-order valence-corrected chi connectivity index (χ1v) is 8.03. The van der Waals surface area contributed by atoms with Gasteiger partial charge in [0.15, 0.2) is 9.84 Å². The van der Waals surface area contributed by atoms with Gasteiger partial charge in [-0.1, -0.05) is 12.1 Å². The van der Waals surface area contributed by atoms with Crippen molar-refractivity contribution in [3.63, 3.8) is 0 Å². The Hall–Kier alpha value is -2.21. The lowest BCUT2D eigenvalue weighted by atomic mass is 10.1. The maximum absolute atomic E-state index is 12.9. The monoisotopic (exact) mass is 305 g/mol. The zero-order valence-corrected chi connectivity index (χ0v) is 11.8. The Bertz CT molecular complexity index is 800. The lowest BCUT2D eigenvalue weighted by Gasteiger charge is -2.29. The van der Waals surface area contributed by atoms with Crippen LogP contribution >= 0.6 is 0 Å². The molecule has 1 heterocycles. The molecule has 0 N–H and O–H groups in total. The quantitative estimate of drug-likeness (QED) is 0.812. The summed E-state index contributed by atoms with van der Waals surface area (Å²) in [6.45, 7) is 0.0928. The Kier molecular flexibility index (Phi) is 3.25. The molecule has 6 heteroatoms. The summed E-state index contributed by atoms with van der Waals surface area (Å²) < 4.78 is 37.0. The number of carbonyl (C=O) groups excluding carboxylic acids is 1. The molecule has 1 aliphatic rings. The second kappa shape index (κ2) is 4.96. The van der Waals surface area contributed by atoms with E-state index in [0.717, 1.165) is 0 Å². The fraction of sp³-hybridized carbons (Fsp3) is 0.133. The lowest BCUT2D eigenvalue weighted by Crippen LogP contribution is -2.39. The van der Waals surface area contributed by atoms with Gasteiger partial charge in [-0.05, 0) is 36.4 Å². The molecular formula is C15H12FNO3S. The van der Waals surface area contributed by atoms with E-state index in [1.807, 2.05) is 0 Å². The van der Waals surface area contributed by atoms with Crippen LogP contribution in [0.25, 0.3) is 0 Å². The summed E-state index contributed by atoms with van der Waals surface area (Å²) in [5, 5.41) is 0. The third-order valence-corrected chi connectivity index (χ3v) is 5.15. The van der Waals surface area contributed by atoms with Crippen molar-refractivity contribution in [2.75, 3.05) is 17.2 Å². The van der Waals surface area contributed by atoms with E-state index < -0.39 is 15.7 Å². The second-order valence-corrected chi connectivity index (χ2v) is 6.83. The highest BCUT2D eigenvalue weighted by atomic mass is 32.2. The highest BCUT2D eigenvalue weighted by Gasteiger charge is 2.31. The SMILES string of the molecule is O=C(c1ccc(F)cc1)N1CCS(=O)(=O)c2ccccc21. The number of hydrogen-bond donors (Lipinski definition) is 0. The van der Waals surface area contributed by atoms with Gasteiger partial charge in [0.2, 0.25) is 0 Å². The molecule has 0 aromatic heterocycles. The molecule has 2 aromatic rings. The van der Waals surface area contributed by atoms with Gasteiger partial charge in [-0.15, -0.1) is 0 Å². The van der Waals surface area contributed by atoms with E-state index in [4.69, 9.17) is 0 Å². The standard InChI is InChI=1S/C15H12FNO3S/c16-12-7-5-11(6-8-12)15(18)17-9-10-21(19,20)14-4-2-1-3-13(14)17/h1-8H,9-10H2. The van der Waals surface area contributed by atoms with Crippen molar-refractivity contribution in [3.05, 3.63) is 59.9 Å². The Labute approximate surface area is 121 Å². The summed E-state index contributed by atoms with van der Waals surface area (Å²) in [6, 6.07) is 11.6. The van der Waals surface area contributed by atoms with Gasteiger partial charge in [-0.25, -0.2) is 12.8 Å². The third kappa shape index (κ3) is 2.42. The number of benzene rings is 2. The summed E-state index contributed by atoms with van der Waals surface area (Å²) in [5.74, 6) is -0.873. The van der Waals surface area contributed by atoms with Crippen LogP contribution < -0.4 is 4.90 Å². The van der Waals surface area contributed by atoms with E-state index in [0.29, 0.717) is 11.3 Å². The molecule has 108 valence electrons. The topological polar surface area (TPSA) is 54.5 Å². The fourth-order valence-electron chi connectivity index (χ4n) is 2.34. The number of carbonyl (C=O) groups is 1. The minimum Gasteiger partial charge on any atom is -0.306 e. The first-order valence-electron chi connectivity index (χ1n) is 6.38. The number of para-hydroxylation sites is 1. The molecule has 0 fully saturated rings. The zero-order chi connectivity index (χ0) is 15.0. The van der Waals surface area contributed by atoms with Crippen LogP contribution in [0.5, 0.6) is 0 Å². The molecule has 0 unspecified atom stereocenters. The van der Waals surface area contributed by atoms with Gasteiger partial charge >= 0.3 is 0 Å². The minimum atomic E-state index is -3.35. The van der Waals surface area contributed by atoms with Gasteiger partial charge in [-0.3, -0.25) is 4.79 Å². The van der Waals surface area contributed by atoms with Crippen LogP contribution in [0.1, 0.15) is 10.4 Å². The molecule has 21 heavy (non-hydrogen) atoms. The van der Waals surface area contributed by atoms with Gasteiger partial charge < -0.3 is 4.90 Å². The number of halogens is 1. The summed E-state index contributed by atoms with van der Waals surface area (Å²) in [7, 11) is -3.35. The smallest absolute Gasteiger partial charge is 0.258 e. The number of sulfone groups is 1. The van der Waals surface area contributed by atoms with Crippen molar-refractivity contribution >= 4 is 21.4 Å². The number of hydrogen-bond acceptors (Lipinski definition) is 3. The number of amides is 1. The molecule has 0 spiro atoms. The van der Waals surface area contributed by atoms with Crippen molar-refractivity contribution in [2.45, 2.75) is 4.90 Å². The van der Waals surface area contributed by atoms with Crippen LogP contribution in [0, 0.1) is 5.82 Å². The number of fused-ring (bicyclic) bond motifs is 1. The normalized spacial score (nSPS) is 16.3. The van der Waals surface area contributed by atoms with Crippen LogP contribution in [0.2, 0.25) is 0 Å². The number of anilines is 1. The summed E-state index contributed by atoms with van der Waals surface area (Å²) in [6.07, 6.45) is 0. The van der Waals surface area contributed by atoms with E-state index in [9.17, 15) is 17.6 Å². The Morgan fingerprint density at radius 2 is 1.71 bits per heavy atom. The van der Waals surface area contributed by atoms with E-state index in [1.54, 1.807) is 18.2 Å². The first-order chi connectivity index (χ1) is 9.99. The average molecular weight is 305 g/mol. The van der Waals surface area contributed by atoms with Gasteiger partial charge in [0, 0.05) is 12.1 Å². The van der Waals surface area contributed by atoms with Crippen molar-refractivity contribution in [3.8, 4) is 0 Å². The maximum atomic E-state index is 12.9. The van der Waals surface area contributed by atoms with Crippen LogP contribution in [-0.4, -0.2) is 26.6 Å². The van der Waals surface area contributed by atoms with E-state index in [2.05, 4.69) is 0 Å². The molecular weight excluding hydrogens is 293 g/mol. The van der Waals surface area contributed by atoms with Gasteiger partial charge in [0.25, 0.3) is 5.91 Å². The van der Waals surface area contributed by atoms with Crippen molar-refractivity contribution in [1.29, 1.82) is 0 Å². The van der Waals surface area contributed by atoms with E-state index in [-0.39, 0.29) is 23.1 Å². The fourth-order valence-corrected chi connectivity index (χ4v) is 3.77. The maximum Gasteiger partial charge on any atom is 0.258 e. The predicted octanol–water partition coefficient (Wildman–Crippen LogP) is 2.26. The molecule has 1 aliphatic heterocycles. The second-order valence-electron chi connectivity index (χ2n) is 4.75. The lowest BCUT2D eigenvalue weighted by molar-refractivity contribution is 0.0987. The molecule has 0 radical (unpaired) electrons. The Morgan fingerprint density at radius 1 is 1.05 bits per heavy atom. The largest absolute Gasteiger partial charge is 0.306 e. The number of nitrogens with zero attached hydrogens (tertiary/aromatic N) is 1. The molecule has 2 aromatic carbocycles. The van der Waals surface area contributed by atoms with Gasteiger partial charge in [-0.2, -0.15) is 0 Å². The third-order valence-electron chi connectivity index (χ3n) is 3.41. The van der Waals surface area contributed by atoms with E-state index >= 15 is 0 Å². The molecule has 0 aliphatic carbocycles. The average Bonchev–Trinajstić information content (AvgIpc) is 2.48. The molecule has 0 saturated heterocycles. The van der Waals surface area contributed by atoms with Crippen molar-refractivity contribution in [2.24, 2.45) is 0 Å². The Balaban J connectivity index is 2.04. The summed E-state index contributed by atoms with van der Waals surface area (Å²) >= 11 is 0. The molecule has 0 atom stereocenters. The highest BCUT2D eigenvalue weighted by Crippen LogP contribution is 2.31. The van der Waals surface area contributed by atoms with Crippen molar-refractivity contribution < 1.29 is 17.6 Å². The first kappa shape index (κ1) is 13.8. The predicted molar refractivity (Wildman–Crippen MR) is 76.6 cm³/mol. The van der Waals surface area contributed by atoms with Crippen LogP contribution in [-0.2, 0) is 9.84 Å². The van der Waals surface area contributed by atoms with E-state index in [1.165, 1.54) is 35.2 Å². The molecule has 3 rings (SSSR count). The summed E-state index contributed by atoms with van der Waals surface area (Å²) in [4.78, 5) is 14.1. The zero-order valence-electron chi connectivity index (χ0n) is 11.0. The summed E-state index contributed by atoms with van der Waals surface area (Å²) in [5.41, 5.74) is 0.698. The minimum absolute atomic E-state index is 0.0928. The Morgan fingerprint density at radius 3 is 2.43 bits per heavy atom. The van der Waals surface area contributed by atoms with Crippen LogP contribution in [0.4, 0.5) is 10.1 Å². The van der Waals surface area contributed by atoms with Crippen LogP contribution in [0.3, 0.4) is 0 Å². The number of rotatable bonds is 1. The molecule has 4 nitrogen and oxygen atoms in total. The van der Waals surface area contributed by atoms with Crippen LogP contribution in [0.15, 0.2) is 53.4 Å². The van der Waals surface area contributed by atoms with Crippen molar-refractivity contribution in [1.82, 2.24) is 0 Å². The van der Waals surface area contributed by atoms with Gasteiger partial charge in [0.1, 0.15) is 5.82 Å².